The molecular formula is C7H14FN. The largest absolute Gasteiger partial charge is 0.296 e. The highest BCUT2D eigenvalue weighted by molar-refractivity contribution is 5.71. The molecule has 0 aromatic heterocycles. The highest BCUT2D eigenvalue weighted by atomic mass is 19.1. The molecule has 0 aliphatic rings. The zero-order chi connectivity index (χ0) is 7.70. The fourth-order valence-corrected chi connectivity index (χ4v) is 0.177. The third kappa shape index (κ3) is 18.8. The van der Waals surface area contributed by atoms with Gasteiger partial charge in [-0.1, -0.05) is 13.8 Å². The van der Waals surface area contributed by atoms with E-state index in [9.17, 15) is 4.39 Å². The summed E-state index contributed by atoms with van der Waals surface area (Å²) in [7, 11) is 1.60. The number of hydrogen-bond acceptors (Lipinski definition) is 1. The van der Waals surface area contributed by atoms with E-state index in [1.807, 2.05) is 13.8 Å². The summed E-state index contributed by atoms with van der Waals surface area (Å²) in [5, 5.41) is 0. The lowest BCUT2D eigenvalue weighted by atomic mass is 10.5. The van der Waals surface area contributed by atoms with Crippen molar-refractivity contribution >= 4 is 6.21 Å². The van der Waals surface area contributed by atoms with Gasteiger partial charge >= 0.3 is 0 Å². The summed E-state index contributed by atoms with van der Waals surface area (Å²) in [6, 6.07) is 0. The smallest absolute Gasteiger partial charge is 0.0983 e. The number of hydrogen-bond donors (Lipinski definition) is 0. The second kappa shape index (κ2) is 10.3. The quantitative estimate of drug-likeness (QED) is 0.485. The average molecular weight is 131 g/mol. The minimum atomic E-state index is -0.217. The van der Waals surface area contributed by atoms with Gasteiger partial charge in [0.2, 0.25) is 0 Å². The van der Waals surface area contributed by atoms with Crippen molar-refractivity contribution in [1.29, 1.82) is 0 Å². The highest BCUT2D eigenvalue weighted by Crippen LogP contribution is 1.87. The van der Waals surface area contributed by atoms with E-state index in [2.05, 4.69) is 4.99 Å². The van der Waals surface area contributed by atoms with Gasteiger partial charge in [-0.15, -0.1) is 0 Å². The first kappa shape index (κ1) is 11.2. The first-order valence-corrected chi connectivity index (χ1v) is 3.02. The van der Waals surface area contributed by atoms with Crippen LogP contribution in [-0.2, 0) is 0 Å². The molecule has 54 valence electrons. The van der Waals surface area contributed by atoms with Crippen LogP contribution in [0.5, 0.6) is 0 Å². The Bertz CT molecular complexity index is 91.1. The molecule has 0 aromatic carbocycles. The summed E-state index contributed by atoms with van der Waals surface area (Å²) in [5.41, 5.74) is 0. The average Bonchev–Trinajstić information content (AvgIpc) is 1.88. The third-order valence-corrected chi connectivity index (χ3v) is 0.453. The Kier molecular flexibility index (Phi) is 12.9. The molecule has 0 rings (SSSR count). The molecule has 0 spiro atoms. The summed E-state index contributed by atoms with van der Waals surface area (Å²) in [6.45, 7) is 5.38. The minimum Gasteiger partial charge on any atom is -0.296 e. The van der Waals surface area contributed by atoms with Crippen LogP contribution >= 0.6 is 0 Å². The molecule has 0 heterocycles. The Hall–Kier alpha value is -0.660. The Morgan fingerprint density at radius 2 is 1.89 bits per heavy atom. The SMILES string of the molecule is CC.CN=C/C=C(\C)F. The summed E-state index contributed by atoms with van der Waals surface area (Å²) in [5.74, 6) is -0.217. The van der Waals surface area contributed by atoms with Gasteiger partial charge < -0.3 is 0 Å². The predicted octanol–water partition coefficient (Wildman–Crippen LogP) is 2.59. The van der Waals surface area contributed by atoms with Crippen LogP contribution in [-0.4, -0.2) is 13.3 Å². The molecule has 2 heteroatoms. The number of halogens is 1. The summed E-state index contributed by atoms with van der Waals surface area (Å²) < 4.78 is 11.7. The topological polar surface area (TPSA) is 12.4 Å². The molecule has 0 radical (unpaired) electrons. The number of aliphatic imine (C=N–C) groups is 1. The van der Waals surface area contributed by atoms with E-state index < -0.39 is 0 Å². The van der Waals surface area contributed by atoms with Crippen LogP contribution in [0.1, 0.15) is 20.8 Å². The van der Waals surface area contributed by atoms with Crippen LogP contribution in [0.4, 0.5) is 4.39 Å². The molecule has 9 heavy (non-hydrogen) atoms. The Balaban J connectivity index is 0. The molecule has 0 N–H and O–H groups in total. The summed E-state index contributed by atoms with van der Waals surface area (Å²) in [6.07, 6.45) is 2.72. The molecule has 0 atom stereocenters. The van der Waals surface area contributed by atoms with Crippen molar-refractivity contribution in [2.24, 2.45) is 4.99 Å². The van der Waals surface area contributed by atoms with Crippen LogP contribution in [0.25, 0.3) is 0 Å². The first-order chi connectivity index (χ1) is 4.27. The van der Waals surface area contributed by atoms with Crippen molar-refractivity contribution in [2.45, 2.75) is 20.8 Å². The van der Waals surface area contributed by atoms with E-state index in [-0.39, 0.29) is 5.83 Å². The third-order valence-electron chi connectivity index (χ3n) is 0.453. The monoisotopic (exact) mass is 131 g/mol. The predicted molar refractivity (Wildman–Crippen MR) is 40.6 cm³/mol. The lowest BCUT2D eigenvalue weighted by molar-refractivity contribution is 0.642. The molecule has 1 nitrogen and oxygen atoms in total. The number of nitrogens with zero attached hydrogens (tertiary/aromatic N) is 1. The highest BCUT2D eigenvalue weighted by Gasteiger charge is 1.71. The first-order valence-electron chi connectivity index (χ1n) is 3.02. The van der Waals surface area contributed by atoms with Gasteiger partial charge in [0.15, 0.2) is 0 Å². The summed E-state index contributed by atoms with van der Waals surface area (Å²) >= 11 is 0. The fourth-order valence-electron chi connectivity index (χ4n) is 0.177. The van der Waals surface area contributed by atoms with E-state index in [0.29, 0.717) is 0 Å². The molecule has 0 aromatic rings. The zero-order valence-electron chi connectivity index (χ0n) is 6.48. The molecule has 0 fully saturated rings. The van der Waals surface area contributed by atoms with Crippen molar-refractivity contribution in [2.75, 3.05) is 7.05 Å². The fraction of sp³-hybridized carbons (Fsp3) is 0.571. The van der Waals surface area contributed by atoms with Gasteiger partial charge in [-0.25, -0.2) is 4.39 Å². The van der Waals surface area contributed by atoms with Crippen LogP contribution in [0, 0.1) is 0 Å². The van der Waals surface area contributed by atoms with Crippen molar-refractivity contribution in [3.8, 4) is 0 Å². The van der Waals surface area contributed by atoms with Gasteiger partial charge in [0, 0.05) is 13.3 Å². The zero-order valence-corrected chi connectivity index (χ0v) is 6.48. The van der Waals surface area contributed by atoms with E-state index >= 15 is 0 Å². The lowest BCUT2D eigenvalue weighted by Crippen LogP contribution is -1.63. The normalized spacial score (nSPS) is 11.0. The molecule has 0 saturated carbocycles. The van der Waals surface area contributed by atoms with Gasteiger partial charge in [-0.2, -0.15) is 0 Å². The van der Waals surface area contributed by atoms with E-state index in [1.54, 1.807) is 7.05 Å². The molecule has 0 aliphatic carbocycles. The Morgan fingerprint density at radius 3 is 2.00 bits per heavy atom. The maximum absolute atomic E-state index is 11.7. The number of rotatable bonds is 1. The van der Waals surface area contributed by atoms with Gasteiger partial charge in [0.25, 0.3) is 0 Å². The van der Waals surface area contributed by atoms with E-state index in [0.717, 1.165) is 0 Å². The molecule has 0 unspecified atom stereocenters. The Labute approximate surface area is 56.3 Å². The molecular weight excluding hydrogens is 117 g/mol. The van der Waals surface area contributed by atoms with E-state index in [4.69, 9.17) is 0 Å². The molecule has 0 amide bonds. The maximum Gasteiger partial charge on any atom is 0.0983 e. The van der Waals surface area contributed by atoms with E-state index in [1.165, 1.54) is 19.2 Å². The van der Waals surface area contributed by atoms with Crippen LogP contribution in [0.2, 0.25) is 0 Å². The van der Waals surface area contributed by atoms with Gasteiger partial charge in [-0.3, -0.25) is 4.99 Å². The van der Waals surface area contributed by atoms with Crippen LogP contribution in [0.3, 0.4) is 0 Å². The molecule has 0 saturated heterocycles. The van der Waals surface area contributed by atoms with Gasteiger partial charge in [0.05, 0.1) is 5.83 Å². The van der Waals surface area contributed by atoms with Crippen molar-refractivity contribution in [3.05, 3.63) is 11.9 Å². The van der Waals surface area contributed by atoms with Crippen LogP contribution < -0.4 is 0 Å². The van der Waals surface area contributed by atoms with Crippen LogP contribution in [0.15, 0.2) is 16.9 Å². The second-order valence-corrected chi connectivity index (χ2v) is 1.16. The van der Waals surface area contributed by atoms with Crippen molar-refractivity contribution < 1.29 is 4.39 Å². The molecule has 0 aliphatic heterocycles. The van der Waals surface area contributed by atoms with Crippen molar-refractivity contribution in [1.82, 2.24) is 0 Å². The standard InChI is InChI=1S/C5H8FN.C2H6/c1-5(6)3-4-7-2;1-2/h3-4H,1-2H3;1-2H3/b5-3+,7-4?;. The summed E-state index contributed by atoms with van der Waals surface area (Å²) in [4.78, 5) is 3.53. The maximum atomic E-state index is 11.7. The Morgan fingerprint density at radius 1 is 1.44 bits per heavy atom. The minimum absolute atomic E-state index is 0.217. The van der Waals surface area contributed by atoms with Gasteiger partial charge in [0.1, 0.15) is 0 Å². The second-order valence-electron chi connectivity index (χ2n) is 1.16. The molecule has 0 bridgehead atoms. The van der Waals surface area contributed by atoms with Crippen molar-refractivity contribution in [3.63, 3.8) is 0 Å². The lowest BCUT2D eigenvalue weighted by Gasteiger charge is -1.73. The number of allylic oxidation sites excluding steroid dienone is 2. The van der Waals surface area contributed by atoms with Gasteiger partial charge in [-0.05, 0) is 13.0 Å².